The van der Waals surface area contributed by atoms with Crippen LogP contribution in [0.15, 0.2) is 28.7 Å². The summed E-state index contributed by atoms with van der Waals surface area (Å²) in [5.41, 5.74) is 2.79. The van der Waals surface area contributed by atoms with Crippen LogP contribution >= 0.6 is 15.9 Å². The highest BCUT2D eigenvalue weighted by Gasteiger charge is 2.22. The maximum absolute atomic E-state index is 12.8. The van der Waals surface area contributed by atoms with E-state index in [0.717, 1.165) is 18.5 Å². The SMILES string of the molecule is COc1cc2c(cc1OC)CN(CNC(=O)c1cc(Br)cc(CO)c1OCF)CC2. The minimum Gasteiger partial charge on any atom is -0.493 e. The molecular weight excluding hydrogens is 459 g/mol. The van der Waals surface area contributed by atoms with Gasteiger partial charge in [-0.15, -0.1) is 0 Å². The second-order valence-corrected chi connectivity index (χ2v) is 7.71. The number of nitrogens with zero attached hydrogens (tertiary/aromatic N) is 1. The summed E-state index contributed by atoms with van der Waals surface area (Å²) < 4.78 is 29.1. The molecular formula is C21H24BrFN2O5. The van der Waals surface area contributed by atoms with Crippen LogP contribution in [0.25, 0.3) is 0 Å². The molecule has 2 aromatic rings. The minimum absolute atomic E-state index is 0.0431. The summed E-state index contributed by atoms with van der Waals surface area (Å²) in [5, 5.41) is 12.4. The fraction of sp³-hybridized carbons (Fsp3) is 0.381. The van der Waals surface area contributed by atoms with Crippen LogP contribution in [0.2, 0.25) is 0 Å². The first-order valence-electron chi connectivity index (χ1n) is 9.37. The van der Waals surface area contributed by atoms with E-state index in [4.69, 9.17) is 14.2 Å². The standard InChI is InChI=1S/C21H24BrFN2O5/c1-28-18-6-13-3-4-25(9-14(13)7-19(18)29-2)12-24-21(27)17-8-16(22)5-15(10-26)20(17)30-11-23/h5-8,26H,3-4,9-12H2,1-2H3,(H,24,27). The number of aliphatic hydroxyl groups is 1. The number of methoxy groups -OCH3 is 2. The quantitative estimate of drug-likeness (QED) is 0.601. The van der Waals surface area contributed by atoms with Crippen LogP contribution in [0.3, 0.4) is 0 Å². The number of benzene rings is 2. The summed E-state index contributed by atoms with van der Waals surface area (Å²) in [6, 6.07) is 7.08. The Morgan fingerprint density at radius 1 is 1.20 bits per heavy atom. The van der Waals surface area contributed by atoms with Gasteiger partial charge in [0.1, 0.15) is 5.75 Å². The van der Waals surface area contributed by atoms with Crippen molar-refractivity contribution in [2.75, 3.05) is 34.3 Å². The van der Waals surface area contributed by atoms with Gasteiger partial charge >= 0.3 is 0 Å². The third kappa shape index (κ3) is 4.85. The number of hydrogen-bond donors (Lipinski definition) is 2. The van der Waals surface area contributed by atoms with E-state index in [0.29, 0.717) is 34.7 Å². The fourth-order valence-corrected chi connectivity index (χ4v) is 4.02. The van der Waals surface area contributed by atoms with E-state index < -0.39 is 12.8 Å². The van der Waals surface area contributed by atoms with Crippen LogP contribution in [0.5, 0.6) is 17.2 Å². The predicted octanol–water partition coefficient (Wildman–Crippen LogP) is 3.01. The molecule has 0 aromatic heterocycles. The normalized spacial score (nSPS) is 13.5. The highest BCUT2D eigenvalue weighted by molar-refractivity contribution is 9.10. The van der Waals surface area contributed by atoms with Crippen LogP contribution in [0.1, 0.15) is 27.0 Å². The summed E-state index contributed by atoms with van der Waals surface area (Å²) in [7, 11) is 3.21. The summed E-state index contributed by atoms with van der Waals surface area (Å²) in [6.07, 6.45) is 0.813. The molecule has 0 saturated carbocycles. The lowest BCUT2D eigenvalue weighted by atomic mass is 9.99. The van der Waals surface area contributed by atoms with Crippen molar-refractivity contribution in [3.8, 4) is 17.2 Å². The molecule has 9 heteroatoms. The average Bonchev–Trinajstić information content (AvgIpc) is 2.77. The molecule has 1 heterocycles. The number of carbonyl (C=O) groups is 1. The smallest absolute Gasteiger partial charge is 0.256 e. The Kier molecular flexibility index (Phi) is 7.52. The average molecular weight is 483 g/mol. The molecule has 3 rings (SSSR count). The van der Waals surface area contributed by atoms with Gasteiger partial charge in [-0.2, -0.15) is 0 Å². The zero-order valence-corrected chi connectivity index (χ0v) is 18.4. The Morgan fingerprint density at radius 2 is 1.90 bits per heavy atom. The van der Waals surface area contributed by atoms with Gasteiger partial charge in [0.05, 0.1) is 33.1 Å². The second-order valence-electron chi connectivity index (χ2n) is 6.80. The van der Waals surface area contributed by atoms with Gasteiger partial charge in [-0.3, -0.25) is 9.69 Å². The van der Waals surface area contributed by atoms with Crippen LogP contribution in [-0.2, 0) is 19.6 Å². The first kappa shape index (κ1) is 22.3. The van der Waals surface area contributed by atoms with Crippen molar-refractivity contribution >= 4 is 21.8 Å². The molecule has 1 aliphatic rings. The highest BCUT2D eigenvalue weighted by Crippen LogP contribution is 2.33. The Labute approximate surface area is 182 Å². The summed E-state index contributed by atoms with van der Waals surface area (Å²) >= 11 is 3.31. The van der Waals surface area contributed by atoms with Crippen molar-refractivity contribution in [2.24, 2.45) is 0 Å². The van der Waals surface area contributed by atoms with E-state index in [2.05, 4.69) is 26.1 Å². The van der Waals surface area contributed by atoms with E-state index in [1.54, 1.807) is 26.4 Å². The number of aliphatic hydroxyl groups excluding tert-OH is 1. The fourth-order valence-electron chi connectivity index (χ4n) is 3.52. The number of alkyl halides is 1. The van der Waals surface area contributed by atoms with Gasteiger partial charge in [0.15, 0.2) is 11.5 Å². The summed E-state index contributed by atoms with van der Waals surface area (Å²) in [5.74, 6) is 1.00. The van der Waals surface area contributed by atoms with Crippen molar-refractivity contribution in [1.29, 1.82) is 0 Å². The first-order chi connectivity index (χ1) is 14.5. The van der Waals surface area contributed by atoms with Crippen molar-refractivity contribution in [3.05, 3.63) is 51.0 Å². The topological polar surface area (TPSA) is 80.3 Å². The summed E-state index contributed by atoms with van der Waals surface area (Å²) in [4.78, 5) is 14.8. The summed E-state index contributed by atoms with van der Waals surface area (Å²) in [6.45, 7) is 0.246. The van der Waals surface area contributed by atoms with E-state index in [1.165, 1.54) is 5.56 Å². The van der Waals surface area contributed by atoms with Gasteiger partial charge in [-0.25, -0.2) is 4.39 Å². The zero-order valence-electron chi connectivity index (χ0n) is 16.8. The zero-order chi connectivity index (χ0) is 21.7. The number of hydrogen-bond acceptors (Lipinski definition) is 6. The molecule has 30 heavy (non-hydrogen) atoms. The molecule has 2 N–H and O–H groups in total. The maximum Gasteiger partial charge on any atom is 0.256 e. The molecule has 0 aliphatic carbocycles. The van der Waals surface area contributed by atoms with Crippen molar-refractivity contribution in [2.45, 2.75) is 19.6 Å². The number of halogens is 2. The van der Waals surface area contributed by atoms with Gasteiger partial charge in [-0.1, -0.05) is 15.9 Å². The Balaban J connectivity index is 1.71. The van der Waals surface area contributed by atoms with E-state index in [1.807, 2.05) is 12.1 Å². The molecule has 2 aromatic carbocycles. The van der Waals surface area contributed by atoms with Crippen LogP contribution in [0.4, 0.5) is 4.39 Å². The molecule has 0 saturated heterocycles. The molecule has 162 valence electrons. The highest BCUT2D eigenvalue weighted by atomic mass is 79.9. The van der Waals surface area contributed by atoms with E-state index >= 15 is 0 Å². The van der Waals surface area contributed by atoms with E-state index in [9.17, 15) is 14.3 Å². The Bertz CT molecular complexity index is 925. The minimum atomic E-state index is -1.09. The number of amides is 1. The Hall–Kier alpha value is -2.36. The molecule has 0 fully saturated rings. The molecule has 1 aliphatic heterocycles. The van der Waals surface area contributed by atoms with Crippen molar-refractivity contribution in [3.63, 3.8) is 0 Å². The lowest BCUT2D eigenvalue weighted by molar-refractivity contribution is 0.0909. The van der Waals surface area contributed by atoms with Gasteiger partial charge in [0, 0.05) is 23.1 Å². The van der Waals surface area contributed by atoms with Crippen molar-refractivity contribution < 1.29 is 28.5 Å². The van der Waals surface area contributed by atoms with Gasteiger partial charge in [0.25, 0.3) is 5.91 Å². The molecule has 0 spiro atoms. The number of ether oxygens (including phenoxy) is 3. The van der Waals surface area contributed by atoms with Crippen LogP contribution in [-0.4, -0.2) is 50.2 Å². The van der Waals surface area contributed by atoms with Gasteiger partial charge in [0.2, 0.25) is 6.86 Å². The van der Waals surface area contributed by atoms with Gasteiger partial charge in [-0.05, 0) is 41.8 Å². The maximum atomic E-state index is 12.8. The number of rotatable bonds is 8. The van der Waals surface area contributed by atoms with Crippen molar-refractivity contribution in [1.82, 2.24) is 10.2 Å². The van der Waals surface area contributed by atoms with Crippen LogP contribution in [0, 0.1) is 0 Å². The predicted molar refractivity (Wildman–Crippen MR) is 113 cm³/mol. The molecule has 0 unspecified atom stereocenters. The molecule has 0 atom stereocenters. The Morgan fingerprint density at radius 3 is 2.53 bits per heavy atom. The van der Waals surface area contributed by atoms with E-state index in [-0.39, 0.29) is 17.9 Å². The number of nitrogens with one attached hydrogen (secondary N) is 1. The monoisotopic (exact) mass is 482 g/mol. The first-order valence-corrected chi connectivity index (χ1v) is 10.2. The van der Waals surface area contributed by atoms with Gasteiger partial charge < -0.3 is 24.6 Å². The van der Waals surface area contributed by atoms with Crippen LogP contribution < -0.4 is 19.5 Å². The lowest BCUT2D eigenvalue weighted by Crippen LogP contribution is -2.40. The lowest BCUT2D eigenvalue weighted by Gasteiger charge is -2.29. The number of carbonyl (C=O) groups excluding carboxylic acids is 1. The molecule has 0 bridgehead atoms. The molecule has 7 nitrogen and oxygen atoms in total. The second kappa shape index (κ2) is 10.1. The largest absolute Gasteiger partial charge is 0.493 e. The number of fused-ring (bicyclic) bond motifs is 1. The third-order valence-electron chi connectivity index (χ3n) is 5.00. The molecule has 1 amide bonds. The molecule has 0 radical (unpaired) electrons. The third-order valence-corrected chi connectivity index (χ3v) is 5.46.